The number of urea groups is 1. The van der Waals surface area contributed by atoms with Crippen LogP contribution in [-0.2, 0) is 0 Å². The molecule has 7 nitrogen and oxygen atoms in total. The normalized spacial score (nSPS) is 12.4. The second-order valence-electron chi connectivity index (χ2n) is 5.88. The van der Waals surface area contributed by atoms with Crippen molar-refractivity contribution < 1.29 is 19.5 Å². The van der Waals surface area contributed by atoms with E-state index in [4.69, 9.17) is 17.3 Å². The summed E-state index contributed by atoms with van der Waals surface area (Å²) in [7, 11) is 0. The Morgan fingerprint density at radius 2 is 1.85 bits per heavy atom. The number of fused-ring (bicyclic) bond motifs is 2. The highest BCUT2D eigenvalue weighted by Gasteiger charge is 2.25. The van der Waals surface area contributed by atoms with Crippen molar-refractivity contribution >= 4 is 46.2 Å². The minimum absolute atomic E-state index is 0.0154. The van der Waals surface area contributed by atoms with Crippen molar-refractivity contribution in [2.45, 2.75) is 0 Å². The molecule has 1 heterocycles. The maximum absolute atomic E-state index is 13.2. The number of aldehydes is 1. The van der Waals surface area contributed by atoms with Crippen molar-refractivity contribution in [3.05, 3.63) is 68.8 Å². The molecule has 0 spiro atoms. The molecule has 0 unspecified atom stereocenters. The van der Waals surface area contributed by atoms with Crippen LogP contribution in [0.4, 0.5) is 10.5 Å². The number of phenols is 1. The lowest BCUT2D eigenvalue weighted by Gasteiger charge is -2.11. The maximum atomic E-state index is 13.2. The zero-order valence-corrected chi connectivity index (χ0v) is 14.3. The summed E-state index contributed by atoms with van der Waals surface area (Å²) in [5.41, 5.74) is 5.67. The Labute approximate surface area is 156 Å². The smallest absolute Gasteiger partial charge is 0.368 e. The van der Waals surface area contributed by atoms with Gasteiger partial charge in [-0.3, -0.25) is 9.59 Å². The highest BCUT2D eigenvalue weighted by Crippen LogP contribution is 2.32. The Hall–Kier alpha value is -3.58. The average molecular weight is 380 g/mol. The number of nitrogens with two attached hydrogens (primary N) is 1. The van der Waals surface area contributed by atoms with E-state index in [0.29, 0.717) is 17.1 Å². The number of hydrogen-bond acceptors (Lipinski definition) is 5. The summed E-state index contributed by atoms with van der Waals surface area (Å²) in [6.07, 6.45) is 0.479. The van der Waals surface area contributed by atoms with Gasteiger partial charge in [0.15, 0.2) is 6.29 Å². The predicted molar refractivity (Wildman–Crippen MR) is 98.0 cm³/mol. The number of rotatable bonds is 3. The number of nitrogen functional groups attached to an aromatic ring is 1. The number of ketones is 1. The summed E-state index contributed by atoms with van der Waals surface area (Å²) < 4.78 is 0. The Morgan fingerprint density at radius 1 is 1.15 bits per heavy atom. The number of amides is 2. The van der Waals surface area contributed by atoms with E-state index in [-0.39, 0.29) is 38.1 Å². The third kappa shape index (κ3) is 2.48. The van der Waals surface area contributed by atoms with E-state index in [1.807, 2.05) is 0 Å². The molecule has 4 rings (SSSR count). The molecule has 3 aromatic carbocycles. The van der Waals surface area contributed by atoms with E-state index >= 15 is 0 Å². The van der Waals surface area contributed by atoms with Gasteiger partial charge in [-0.25, -0.2) is 4.79 Å². The lowest BCUT2D eigenvalue weighted by Crippen LogP contribution is -2.31. The summed E-state index contributed by atoms with van der Waals surface area (Å²) in [6, 6.07) is 8.77. The van der Waals surface area contributed by atoms with Crippen LogP contribution in [0.3, 0.4) is 0 Å². The lowest BCUT2D eigenvalue weighted by molar-refractivity contribution is 0.103. The Bertz CT molecular complexity index is 1320. The van der Waals surface area contributed by atoms with Crippen molar-refractivity contribution in [3.8, 4) is 5.75 Å². The fraction of sp³-hybridized carbons (Fsp3) is 0. The van der Waals surface area contributed by atoms with Crippen molar-refractivity contribution in [2.75, 3.05) is 5.73 Å². The second-order valence-corrected chi connectivity index (χ2v) is 6.29. The van der Waals surface area contributed by atoms with Gasteiger partial charge in [-0.15, -0.1) is 0 Å². The number of carbonyl (C=O) groups is 3. The number of aromatic hydroxyl groups is 1. The zero-order chi connectivity index (χ0) is 19.3. The van der Waals surface area contributed by atoms with Crippen molar-refractivity contribution in [3.63, 3.8) is 0 Å². The van der Waals surface area contributed by atoms with Crippen LogP contribution in [0.25, 0.3) is 10.8 Å². The molecule has 0 fully saturated rings. The minimum atomic E-state index is -0.803. The number of benzene rings is 3. The largest absolute Gasteiger partial charge is 0.506 e. The Balaban J connectivity index is 2.05. The van der Waals surface area contributed by atoms with E-state index in [0.717, 1.165) is 0 Å². The van der Waals surface area contributed by atoms with Crippen LogP contribution in [0.5, 0.6) is 5.75 Å². The van der Waals surface area contributed by atoms with Crippen LogP contribution in [0.15, 0.2) is 46.4 Å². The van der Waals surface area contributed by atoms with Crippen molar-refractivity contribution in [1.82, 2.24) is 0 Å². The van der Waals surface area contributed by atoms with Crippen LogP contribution < -0.4 is 16.4 Å². The van der Waals surface area contributed by atoms with Gasteiger partial charge in [0.25, 0.3) is 0 Å². The molecule has 0 atom stereocenters. The summed E-state index contributed by atoms with van der Waals surface area (Å²) in [5.74, 6) is -1.17. The van der Waals surface area contributed by atoms with Gasteiger partial charge >= 0.3 is 6.03 Å². The van der Waals surface area contributed by atoms with Gasteiger partial charge < -0.3 is 10.8 Å². The first-order chi connectivity index (χ1) is 12.9. The first kappa shape index (κ1) is 16.9. The first-order valence-electron chi connectivity index (χ1n) is 7.76. The van der Waals surface area contributed by atoms with Crippen LogP contribution in [0, 0.1) is 0 Å². The minimum Gasteiger partial charge on any atom is -0.506 e. The van der Waals surface area contributed by atoms with E-state index in [1.54, 1.807) is 24.3 Å². The number of halogens is 1. The quantitative estimate of drug-likeness (QED) is 0.410. The lowest BCUT2D eigenvalue weighted by atomic mass is 9.94. The predicted octanol–water partition coefficient (Wildman–Crippen LogP) is 2.20. The van der Waals surface area contributed by atoms with Gasteiger partial charge in [0.05, 0.1) is 21.7 Å². The van der Waals surface area contributed by atoms with E-state index in [1.165, 1.54) is 12.1 Å². The van der Waals surface area contributed by atoms with Crippen LogP contribution >= 0.6 is 11.6 Å². The van der Waals surface area contributed by atoms with E-state index < -0.39 is 17.6 Å². The molecule has 27 heavy (non-hydrogen) atoms. The van der Waals surface area contributed by atoms with Crippen molar-refractivity contribution in [1.29, 1.82) is 0 Å². The molecule has 0 saturated heterocycles. The molecule has 8 heteroatoms. The molecule has 0 bridgehead atoms. The Morgan fingerprint density at radius 3 is 2.59 bits per heavy atom. The van der Waals surface area contributed by atoms with E-state index in [9.17, 15) is 19.5 Å². The van der Waals surface area contributed by atoms with Gasteiger partial charge in [-0.1, -0.05) is 35.9 Å². The first-order valence-corrected chi connectivity index (χ1v) is 8.14. The topological polar surface area (TPSA) is 122 Å². The summed E-state index contributed by atoms with van der Waals surface area (Å²) in [5, 5.41) is 11.7. The number of phenolic OH excluding ortho intramolecular Hbond substituents is 1. The molecular formula is C19H10ClN3O4. The third-order valence-corrected chi connectivity index (χ3v) is 4.61. The van der Waals surface area contributed by atoms with Gasteiger partial charge in [0, 0.05) is 5.69 Å². The van der Waals surface area contributed by atoms with Gasteiger partial charge in [-0.05, 0) is 22.9 Å². The van der Waals surface area contributed by atoms with Crippen molar-refractivity contribution in [2.24, 2.45) is 9.98 Å². The summed E-state index contributed by atoms with van der Waals surface area (Å²) >= 11 is 6.03. The molecule has 132 valence electrons. The van der Waals surface area contributed by atoms with Crippen LogP contribution in [0.1, 0.15) is 26.3 Å². The van der Waals surface area contributed by atoms with Crippen LogP contribution in [0.2, 0.25) is 5.02 Å². The standard InChI is InChI=1S/C19H10ClN3O4/c20-12-6-13(21)14(16-15(12)22-19(27)23-16)18(26)10-5-8-3-1-2-4-9(8)11(7-24)17(10)25/h1-7,25H,21H2. The molecule has 0 radical (unpaired) electrons. The number of anilines is 1. The maximum Gasteiger partial charge on any atom is 0.368 e. The highest BCUT2D eigenvalue weighted by atomic mass is 35.5. The zero-order valence-electron chi connectivity index (χ0n) is 13.6. The highest BCUT2D eigenvalue weighted by molar-refractivity contribution is 6.31. The van der Waals surface area contributed by atoms with Gasteiger partial charge in [0.1, 0.15) is 16.5 Å². The van der Waals surface area contributed by atoms with Crippen LogP contribution in [-0.4, -0.2) is 23.2 Å². The molecule has 3 N–H and O–H groups in total. The third-order valence-electron chi connectivity index (χ3n) is 4.32. The second kappa shape index (κ2) is 6.00. The fourth-order valence-corrected chi connectivity index (χ4v) is 3.36. The fourth-order valence-electron chi connectivity index (χ4n) is 3.11. The molecular weight excluding hydrogens is 370 g/mol. The average Bonchev–Trinajstić information content (AvgIpc) is 3.02. The molecule has 0 aliphatic carbocycles. The number of nitrogens with zero attached hydrogens (tertiary/aromatic N) is 2. The summed E-state index contributed by atoms with van der Waals surface area (Å²) in [4.78, 5) is 43.6. The SMILES string of the molecule is Nc1cc(Cl)c2c(c1C(=O)c1cc3ccccc3c(C=O)c1O)=NC(=O)N=2. The number of hydrogen-bond donors (Lipinski definition) is 2. The molecule has 0 aromatic heterocycles. The van der Waals surface area contributed by atoms with Gasteiger partial charge in [0.2, 0.25) is 5.78 Å². The Kier molecular flexibility index (Phi) is 3.75. The molecule has 0 saturated carbocycles. The number of carbonyl (C=O) groups excluding carboxylic acids is 3. The van der Waals surface area contributed by atoms with Gasteiger partial charge in [-0.2, -0.15) is 9.98 Å². The monoisotopic (exact) mass is 379 g/mol. The summed E-state index contributed by atoms with van der Waals surface area (Å²) in [6.45, 7) is 0. The molecule has 3 aromatic rings. The van der Waals surface area contributed by atoms with E-state index in [2.05, 4.69) is 9.98 Å². The molecule has 2 amide bonds. The molecule has 1 aliphatic rings. The molecule has 1 aliphatic heterocycles.